The lowest BCUT2D eigenvalue weighted by Crippen LogP contribution is -2.34. The lowest BCUT2D eigenvalue weighted by Gasteiger charge is -2.42. The molecule has 2 nitrogen and oxygen atoms in total. The molecule has 0 saturated carbocycles. The van der Waals surface area contributed by atoms with Gasteiger partial charge in [-0.05, 0) is 66.2 Å². The first-order chi connectivity index (χ1) is 15.0. The number of hydrogen-bond donors (Lipinski definition) is 0. The van der Waals surface area contributed by atoms with Crippen LogP contribution in [0.1, 0.15) is 91.3 Å². The molecule has 2 aromatic rings. The summed E-state index contributed by atoms with van der Waals surface area (Å²) < 4.78 is 5.56. The molecule has 1 fully saturated rings. The van der Waals surface area contributed by atoms with Crippen molar-refractivity contribution in [1.82, 2.24) is 0 Å². The minimum Gasteiger partial charge on any atom is -0.359 e. The first-order valence-electron chi connectivity index (χ1n) is 12.4. The monoisotopic (exact) mass is 437 g/mol. The number of benzene rings is 2. The molecule has 1 aliphatic carbocycles. The van der Waals surface area contributed by atoms with Crippen molar-refractivity contribution in [3.63, 3.8) is 0 Å². The van der Waals surface area contributed by atoms with Gasteiger partial charge >= 0.3 is 0 Å². The highest BCUT2D eigenvalue weighted by Gasteiger charge is 2.46. The Balaban J connectivity index is 0.000000272. The summed E-state index contributed by atoms with van der Waals surface area (Å²) in [4.78, 5) is 2.40. The molecular formula is C30H47NO. The molecule has 2 unspecified atom stereocenters. The van der Waals surface area contributed by atoms with Gasteiger partial charge in [0.05, 0.1) is 6.04 Å². The molecule has 0 bridgehead atoms. The number of rotatable bonds is 3. The van der Waals surface area contributed by atoms with Gasteiger partial charge in [0.15, 0.2) is 6.23 Å². The molecule has 0 spiro atoms. The van der Waals surface area contributed by atoms with E-state index < -0.39 is 0 Å². The third-order valence-electron chi connectivity index (χ3n) is 7.21. The molecule has 178 valence electrons. The molecule has 0 N–H and O–H groups in total. The minimum atomic E-state index is 0.251. The normalized spacial score (nSPS) is 22.2. The Labute approximate surface area is 198 Å². The third kappa shape index (κ3) is 6.38. The van der Waals surface area contributed by atoms with Crippen LogP contribution < -0.4 is 4.90 Å². The number of anilines is 1. The Hall–Kier alpha value is -1.80. The van der Waals surface area contributed by atoms with E-state index in [0.29, 0.717) is 11.5 Å². The van der Waals surface area contributed by atoms with E-state index >= 15 is 0 Å². The predicted octanol–water partition coefficient (Wildman–Crippen LogP) is 8.26. The summed E-state index contributed by atoms with van der Waals surface area (Å²) in [5.74, 6) is 0.884. The van der Waals surface area contributed by atoms with Crippen LogP contribution >= 0.6 is 0 Å². The molecule has 32 heavy (non-hydrogen) atoms. The van der Waals surface area contributed by atoms with Gasteiger partial charge in [-0.3, -0.25) is 0 Å². The van der Waals surface area contributed by atoms with E-state index in [4.69, 9.17) is 4.74 Å². The lowest BCUT2D eigenvalue weighted by atomic mass is 9.63. The smallest absolute Gasteiger partial charge is 0.150 e. The van der Waals surface area contributed by atoms with Gasteiger partial charge in [0.1, 0.15) is 0 Å². The number of nitrogens with zero attached hydrogens (tertiary/aromatic N) is 1. The Bertz CT molecular complexity index is 811. The summed E-state index contributed by atoms with van der Waals surface area (Å²) in [6.45, 7) is 20.7. The van der Waals surface area contributed by atoms with Crippen molar-refractivity contribution in [3.8, 4) is 0 Å². The maximum Gasteiger partial charge on any atom is 0.150 e. The van der Waals surface area contributed by atoms with Gasteiger partial charge in [-0.1, -0.05) is 97.4 Å². The average Bonchev–Trinajstić information content (AvgIpc) is 3.42. The van der Waals surface area contributed by atoms with Crippen LogP contribution in [0.25, 0.3) is 0 Å². The molecule has 2 aromatic carbocycles. The summed E-state index contributed by atoms with van der Waals surface area (Å²) in [6.07, 6.45) is 4.09. The van der Waals surface area contributed by atoms with Gasteiger partial charge in [-0.25, -0.2) is 0 Å². The first kappa shape index (κ1) is 26.5. The van der Waals surface area contributed by atoms with Crippen LogP contribution in [0, 0.1) is 12.8 Å². The fourth-order valence-electron chi connectivity index (χ4n) is 4.36. The molecule has 2 heteroatoms. The van der Waals surface area contributed by atoms with E-state index in [0.717, 1.165) is 5.92 Å². The van der Waals surface area contributed by atoms with Crippen LogP contribution in [-0.4, -0.2) is 19.4 Å². The Kier molecular flexibility index (Phi) is 8.99. The van der Waals surface area contributed by atoms with Crippen molar-refractivity contribution in [1.29, 1.82) is 0 Å². The van der Waals surface area contributed by atoms with Crippen LogP contribution in [-0.2, 0) is 15.6 Å². The molecule has 0 aromatic heterocycles. The van der Waals surface area contributed by atoms with Crippen LogP contribution in [0.4, 0.5) is 5.69 Å². The minimum absolute atomic E-state index is 0.251. The molecule has 4 rings (SSSR count). The highest BCUT2D eigenvalue weighted by molar-refractivity contribution is 5.65. The van der Waals surface area contributed by atoms with Gasteiger partial charge in [0, 0.05) is 12.8 Å². The Morgan fingerprint density at radius 2 is 1.31 bits per heavy atom. The summed E-state index contributed by atoms with van der Waals surface area (Å²) >= 11 is 0. The molecule has 1 saturated heterocycles. The van der Waals surface area contributed by atoms with Gasteiger partial charge < -0.3 is 9.64 Å². The Morgan fingerprint density at radius 1 is 0.906 bits per heavy atom. The molecular weight excluding hydrogens is 390 g/mol. The third-order valence-corrected chi connectivity index (χ3v) is 7.21. The van der Waals surface area contributed by atoms with Crippen LogP contribution in [0.5, 0.6) is 0 Å². The topological polar surface area (TPSA) is 12.2 Å². The molecule has 1 aliphatic heterocycles. The number of methoxy groups -OCH3 is 1. The van der Waals surface area contributed by atoms with E-state index in [-0.39, 0.29) is 11.6 Å². The second-order valence-corrected chi connectivity index (χ2v) is 11.2. The molecule has 1 heterocycles. The zero-order chi connectivity index (χ0) is 24.1. The van der Waals surface area contributed by atoms with E-state index in [2.05, 4.69) is 79.3 Å². The van der Waals surface area contributed by atoms with Crippen LogP contribution in [0.15, 0.2) is 48.5 Å². The van der Waals surface area contributed by atoms with E-state index in [1.807, 2.05) is 43.5 Å². The van der Waals surface area contributed by atoms with Crippen molar-refractivity contribution in [2.75, 3.05) is 12.0 Å². The molecule has 2 atom stereocenters. The van der Waals surface area contributed by atoms with Gasteiger partial charge in [0.25, 0.3) is 0 Å². The van der Waals surface area contributed by atoms with Gasteiger partial charge in [-0.2, -0.15) is 0 Å². The zero-order valence-electron chi connectivity index (χ0n) is 22.3. The second-order valence-electron chi connectivity index (χ2n) is 11.2. The molecule has 0 radical (unpaired) electrons. The average molecular weight is 438 g/mol. The van der Waals surface area contributed by atoms with Crippen molar-refractivity contribution >= 4 is 5.69 Å². The van der Waals surface area contributed by atoms with Gasteiger partial charge in [-0.15, -0.1) is 0 Å². The van der Waals surface area contributed by atoms with E-state index in [1.165, 1.54) is 36.1 Å². The zero-order valence-corrected chi connectivity index (χ0v) is 22.3. The van der Waals surface area contributed by atoms with E-state index in [9.17, 15) is 0 Å². The summed E-state index contributed by atoms with van der Waals surface area (Å²) in [5.41, 5.74) is 6.38. The van der Waals surface area contributed by atoms with Crippen molar-refractivity contribution in [3.05, 3.63) is 65.2 Å². The number of ether oxygens (including phenoxy) is 1. The molecule has 2 aliphatic rings. The number of hydrogen-bond acceptors (Lipinski definition) is 2. The lowest BCUT2D eigenvalue weighted by molar-refractivity contribution is 0.179. The maximum absolute atomic E-state index is 5.56. The highest BCUT2D eigenvalue weighted by atomic mass is 16.5. The summed E-state index contributed by atoms with van der Waals surface area (Å²) in [7, 11) is 1.81. The highest BCUT2D eigenvalue weighted by Crippen LogP contribution is 2.49. The van der Waals surface area contributed by atoms with E-state index in [1.54, 1.807) is 5.56 Å². The van der Waals surface area contributed by atoms with Crippen molar-refractivity contribution in [2.24, 2.45) is 5.92 Å². The largest absolute Gasteiger partial charge is 0.359 e. The standard InChI is InChI=1S/C19H29NO.C6H6.C5H12/c1-12-10-14-15(19(5,6)9-8-18(14,3)4)11-16(12)20-13(2)17(20)21-7;1-2-4-6-5-3-1;1-4-5(2)3/h10-11,13,17H,8-9H2,1-7H3;1-6H;5H,4H2,1-3H3. The van der Waals surface area contributed by atoms with Crippen LogP contribution in [0.2, 0.25) is 0 Å². The Morgan fingerprint density at radius 3 is 1.66 bits per heavy atom. The fraction of sp³-hybridized carbons (Fsp3) is 0.600. The second kappa shape index (κ2) is 10.9. The number of aryl methyl sites for hydroxylation is 1. The van der Waals surface area contributed by atoms with Crippen molar-refractivity contribution < 1.29 is 4.74 Å². The quantitative estimate of drug-likeness (QED) is 0.448. The SMILES string of the molecule is CCC(C)C.COC1C(C)N1c1cc2c(cc1C)C(C)(C)CCC2(C)C.c1ccccc1. The number of fused-ring (bicyclic) bond motifs is 1. The first-order valence-corrected chi connectivity index (χ1v) is 12.4. The van der Waals surface area contributed by atoms with Crippen LogP contribution in [0.3, 0.4) is 0 Å². The molecule has 0 amide bonds. The van der Waals surface area contributed by atoms with Crippen molar-refractivity contribution in [2.45, 2.75) is 105 Å². The predicted molar refractivity (Wildman–Crippen MR) is 141 cm³/mol. The summed E-state index contributed by atoms with van der Waals surface area (Å²) in [5, 5.41) is 0. The summed E-state index contributed by atoms with van der Waals surface area (Å²) in [6, 6.07) is 17.4. The fourth-order valence-corrected chi connectivity index (χ4v) is 4.36. The maximum atomic E-state index is 5.56. The van der Waals surface area contributed by atoms with Gasteiger partial charge in [0.2, 0.25) is 0 Å².